The highest BCUT2D eigenvalue weighted by molar-refractivity contribution is 5.94. The van der Waals surface area contributed by atoms with E-state index in [1.165, 1.54) is 6.92 Å². The van der Waals surface area contributed by atoms with Crippen LogP contribution >= 0.6 is 0 Å². The van der Waals surface area contributed by atoms with Crippen molar-refractivity contribution in [2.24, 2.45) is 0 Å². The van der Waals surface area contributed by atoms with E-state index in [0.717, 1.165) is 59.7 Å². The summed E-state index contributed by atoms with van der Waals surface area (Å²) in [6.45, 7) is 5.32. The Morgan fingerprint density at radius 3 is 2.36 bits per heavy atom. The van der Waals surface area contributed by atoms with Gasteiger partial charge in [0.1, 0.15) is 5.82 Å². The molecule has 1 fully saturated rings. The van der Waals surface area contributed by atoms with Gasteiger partial charge in [0.2, 0.25) is 11.9 Å². The number of nitrogen functional groups attached to an aromatic ring is 1. The van der Waals surface area contributed by atoms with Gasteiger partial charge in [-0.15, -0.1) is 0 Å². The van der Waals surface area contributed by atoms with Gasteiger partial charge in [-0.25, -0.2) is 4.98 Å². The molecular weight excluding hydrogens is 352 g/mol. The first-order valence-corrected chi connectivity index (χ1v) is 9.38. The van der Waals surface area contributed by atoms with Gasteiger partial charge in [-0.3, -0.25) is 4.79 Å². The largest absolute Gasteiger partial charge is 0.368 e. The van der Waals surface area contributed by atoms with Crippen LogP contribution in [-0.4, -0.2) is 54.0 Å². The minimum absolute atomic E-state index is 0.0787. The zero-order valence-corrected chi connectivity index (χ0v) is 16.1. The quantitative estimate of drug-likeness (QED) is 0.731. The summed E-state index contributed by atoms with van der Waals surface area (Å²) in [7, 11) is 2.13. The molecule has 1 amide bonds. The lowest BCUT2D eigenvalue weighted by Crippen LogP contribution is -2.45. The third kappa shape index (κ3) is 3.75. The molecule has 0 radical (unpaired) electrons. The van der Waals surface area contributed by atoms with E-state index in [-0.39, 0.29) is 5.91 Å². The number of fused-ring (bicyclic) bond motifs is 1. The maximum absolute atomic E-state index is 11.2. The molecule has 0 unspecified atom stereocenters. The van der Waals surface area contributed by atoms with Crippen molar-refractivity contribution in [2.45, 2.75) is 6.92 Å². The highest BCUT2D eigenvalue weighted by atomic mass is 16.1. The van der Waals surface area contributed by atoms with Crippen LogP contribution in [0, 0.1) is 0 Å². The lowest BCUT2D eigenvalue weighted by molar-refractivity contribution is -0.114. The fourth-order valence-corrected chi connectivity index (χ4v) is 3.52. The van der Waals surface area contributed by atoms with Gasteiger partial charge in [-0.05, 0) is 42.4 Å². The van der Waals surface area contributed by atoms with Gasteiger partial charge in [0.25, 0.3) is 0 Å². The van der Waals surface area contributed by atoms with Crippen LogP contribution in [0.25, 0.3) is 22.0 Å². The van der Waals surface area contributed by atoms with Crippen molar-refractivity contribution in [3.05, 3.63) is 42.5 Å². The number of likely N-dealkylation sites (N-methyl/N-ethyl adjacent to an activating group) is 1. The number of rotatable bonds is 3. The lowest BCUT2D eigenvalue weighted by atomic mass is 10.0. The van der Waals surface area contributed by atoms with Gasteiger partial charge in [0.15, 0.2) is 0 Å². The van der Waals surface area contributed by atoms with Crippen LogP contribution in [0.4, 0.5) is 17.5 Å². The molecule has 3 N–H and O–H groups in total. The highest BCUT2D eigenvalue weighted by Crippen LogP contribution is 2.30. The van der Waals surface area contributed by atoms with E-state index in [1.807, 2.05) is 36.4 Å². The molecule has 0 bridgehead atoms. The third-order valence-corrected chi connectivity index (χ3v) is 5.03. The monoisotopic (exact) mass is 376 g/mol. The zero-order valence-electron chi connectivity index (χ0n) is 16.1. The summed E-state index contributed by atoms with van der Waals surface area (Å²) in [6.07, 6.45) is 0. The predicted molar refractivity (Wildman–Crippen MR) is 113 cm³/mol. The number of aromatic nitrogens is 2. The maximum atomic E-state index is 11.2. The molecular formula is C21H24N6O. The maximum Gasteiger partial charge on any atom is 0.222 e. The molecule has 2 aromatic carbocycles. The summed E-state index contributed by atoms with van der Waals surface area (Å²) in [5.74, 6) is 1.12. The Labute approximate surface area is 164 Å². The Balaban J connectivity index is 1.72. The number of hydrogen-bond donors (Lipinski definition) is 2. The summed E-state index contributed by atoms with van der Waals surface area (Å²) in [6, 6.07) is 14.0. The predicted octanol–water partition coefficient (Wildman–Crippen LogP) is 2.59. The molecule has 2 heterocycles. The average Bonchev–Trinajstić information content (AvgIpc) is 2.68. The first kappa shape index (κ1) is 18.2. The van der Waals surface area contributed by atoms with Gasteiger partial charge in [0.05, 0.1) is 5.52 Å². The molecule has 4 rings (SSSR count). The smallest absolute Gasteiger partial charge is 0.222 e. The van der Waals surface area contributed by atoms with Crippen LogP contribution < -0.4 is 16.0 Å². The number of benzene rings is 2. The lowest BCUT2D eigenvalue weighted by Gasteiger charge is -2.33. The molecule has 0 spiro atoms. The number of nitrogens with two attached hydrogens (primary N) is 1. The number of carbonyl (C=O) groups excluding carboxylic acids is 1. The van der Waals surface area contributed by atoms with Crippen molar-refractivity contribution in [2.75, 3.05) is 49.2 Å². The van der Waals surface area contributed by atoms with Crippen molar-refractivity contribution in [3.63, 3.8) is 0 Å². The molecule has 0 aliphatic carbocycles. The second-order valence-corrected chi connectivity index (χ2v) is 7.19. The van der Waals surface area contributed by atoms with Gasteiger partial charge in [-0.2, -0.15) is 4.98 Å². The molecule has 1 aromatic heterocycles. The minimum Gasteiger partial charge on any atom is -0.368 e. The minimum atomic E-state index is -0.0787. The average molecular weight is 376 g/mol. The molecule has 0 atom stereocenters. The fourth-order valence-electron chi connectivity index (χ4n) is 3.52. The Bertz CT molecular complexity index is 1010. The topological polar surface area (TPSA) is 87.4 Å². The molecule has 7 heteroatoms. The standard InChI is InChI=1S/C21H24N6O/c1-14(28)23-17-6-3-15(4-7-17)16-5-8-19-18(13-16)20(25-21(22)24-19)27-11-9-26(2)10-12-27/h3-8,13H,9-12H2,1-2H3,(H,23,28)(H2,22,24,25). The van der Waals surface area contributed by atoms with Crippen molar-refractivity contribution in [3.8, 4) is 11.1 Å². The summed E-state index contributed by atoms with van der Waals surface area (Å²) < 4.78 is 0. The van der Waals surface area contributed by atoms with E-state index < -0.39 is 0 Å². The van der Waals surface area contributed by atoms with E-state index in [0.29, 0.717) is 5.95 Å². The summed E-state index contributed by atoms with van der Waals surface area (Å²) in [5, 5.41) is 3.79. The van der Waals surface area contributed by atoms with E-state index in [2.05, 4.69) is 38.2 Å². The van der Waals surface area contributed by atoms with E-state index in [1.54, 1.807) is 0 Å². The SMILES string of the molecule is CC(=O)Nc1ccc(-c2ccc3nc(N)nc(N4CCN(C)CC4)c3c2)cc1. The Kier molecular flexibility index (Phi) is 4.83. The Morgan fingerprint density at radius 2 is 1.68 bits per heavy atom. The zero-order chi connectivity index (χ0) is 19.7. The van der Waals surface area contributed by atoms with Crippen LogP contribution in [-0.2, 0) is 4.79 Å². The molecule has 7 nitrogen and oxygen atoms in total. The normalized spacial score (nSPS) is 15.0. The molecule has 3 aromatic rings. The number of nitrogens with zero attached hydrogens (tertiary/aromatic N) is 4. The second-order valence-electron chi connectivity index (χ2n) is 7.19. The Morgan fingerprint density at radius 1 is 1.00 bits per heavy atom. The van der Waals surface area contributed by atoms with Crippen LogP contribution in [0.1, 0.15) is 6.92 Å². The van der Waals surface area contributed by atoms with Crippen LogP contribution in [0.3, 0.4) is 0 Å². The third-order valence-electron chi connectivity index (χ3n) is 5.03. The number of piperazine rings is 1. The highest BCUT2D eigenvalue weighted by Gasteiger charge is 2.19. The molecule has 1 saturated heterocycles. The first-order chi connectivity index (χ1) is 13.5. The number of amides is 1. The number of carbonyl (C=O) groups is 1. The van der Waals surface area contributed by atoms with E-state index in [9.17, 15) is 4.79 Å². The second kappa shape index (κ2) is 7.44. The Hall–Kier alpha value is -3.19. The van der Waals surface area contributed by atoms with Crippen molar-refractivity contribution < 1.29 is 4.79 Å². The summed E-state index contributed by atoms with van der Waals surface area (Å²) in [4.78, 5) is 24.8. The van der Waals surface area contributed by atoms with Crippen molar-refractivity contribution in [1.29, 1.82) is 0 Å². The van der Waals surface area contributed by atoms with Crippen LogP contribution in [0.15, 0.2) is 42.5 Å². The van der Waals surface area contributed by atoms with E-state index >= 15 is 0 Å². The van der Waals surface area contributed by atoms with Crippen molar-refractivity contribution >= 4 is 34.3 Å². The molecule has 1 aliphatic heterocycles. The molecule has 1 aliphatic rings. The summed E-state index contributed by atoms with van der Waals surface area (Å²) >= 11 is 0. The van der Waals surface area contributed by atoms with Gasteiger partial charge in [-0.1, -0.05) is 18.2 Å². The van der Waals surface area contributed by atoms with Gasteiger partial charge >= 0.3 is 0 Å². The van der Waals surface area contributed by atoms with Crippen LogP contribution in [0.2, 0.25) is 0 Å². The molecule has 28 heavy (non-hydrogen) atoms. The number of hydrogen-bond acceptors (Lipinski definition) is 6. The fraction of sp³-hybridized carbons (Fsp3) is 0.286. The number of anilines is 3. The number of nitrogens with one attached hydrogen (secondary N) is 1. The van der Waals surface area contributed by atoms with Gasteiger partial charge < -0.3 is 20.9 Å². The molecule has 0 saturated carbocycles. The first-order valence-electron chi connectivity index (χ1n) is 9.38. The van der Waals surface area contributed by atoms with Gasteiger partial charge in [0, 0.05) is 44.2 Å². The molecule has 144 valence electrons. The van der Waals surface area contributed by atoms with Crippen molar-refractivity contribution in [1.82, 2.24) is 14.9 Å². The van der Waals surface area contributed by atoms with Crippen LogP contribution in [0.5, 0.6) is 0 Å². The van der Waals surface area contributed by atoms with E-state index in [4.69, 9.17) is 5.73 Å². The summed E-state index contributed by atoms with van der Waals surface area (Å²) in [5.41, 5.74) is 9.74.